The van der Waals surface area contributed by atoms with Crippen LogP contribution in [0.25, 0.3) is 88.3 Å². The summed E-state index contributed by atoms with van der Waals surface area (Å²) in [5, 5.41) is 6.98. The summed E-state index contributed by atoms with van der Waals surface area (Å²) < 4.78 is 10.7. The molecule has 0 fully saturated rings. The molecule has 6 aromatic carbocycles. The Morgan fingerprint density at radius 1 is 0.444 bits per heavy atom. The van der Waals surface area contributed by atoms with Crippen molar-refractivity contribution in [2.75, 3.05) is 0 Å². The first-order chi connectivity index (χ1) is 22.3. The fraction of sp³-hybridized carbons (Fsp3) is 0. The van der Waals surface area contributed by atoms with Gasteiger partial charge in [-0.15, -0.1) is 0 Å². The van der Waals surface area contributed by atoms with Crippen molar-refractivity contribution in [3.05, 3.63) is 146 Å². The van der Waals surface area contributed by atoms with Gasteiger partial charge in [-0.2, -0.15) is 0 Å². The molecule has 0 aliphatic rings. The summed E-state index contributed by atoms with van der Waals surface area (Å²) >= 11 is 0. The molecule has 0 radical (unpaired) electrons. The van der Waals surface area contributed by atoms with Crippen molar-refractivity contribution in [3.63, 3.8) is 0 Å². The highest BCUT2D eigenvalue weighted by Gasteiger charge is 2.19. The molecule has 210 valence electrons. The summed E-state index contributed by atoms with van der Waals surface area (Å²) in [6.07, 6.45) is 3.86. The number of hydrogen-bond donors (Lipinski definition) is 0. The maximum Gasteiger partial charge on any atom is 0.234 e. The highest BCUT2D eigenvalue weighted by atomic mass is 16.3. The van der Waals surface area contributed by atoms with E-state index in [1.165, 1.54) is 27.1 Å². The molecule has 4 aromatic heterocycles. The minimum Gasteiger partial charge on any atom is -0.456 e. The number of benzene rings is 6. The van der Waals surface area contributed by atoms with Crippen molar-refractivity contribution in [1.82, 2.24) is 19.1 Å². The van der Waals surface area contributed by atoms with Gasteiger partial charge in [0, 0.05) is 56.0 Å². The molecule has 5 heteroatoms. The lowest BCUT2D eigenvalue weighted by Gasteiger charge is -2.09. The van der Waals surface area contributed by atoms with Crippen LogP contribution in [0, 0.1) is 0 Å². The number of aromatic nitrogens is 4. The highest BCUT2D eigenvalue weighted by Crippen LogP contribution is 2.40. The maximum atomic E-state index is 6.15. The van der Waals surface area contributed by atoms with Crippen molar-refractivity contribution in [3.8, 4) is 22.8 Å². The zero-order chi connectivity index (χ0) is 29.5. The standard InChI is InChI=1S/C40H24N4O/c1-2-11-26(12-3-1)43-33-17-7-4-13-28(33)31-21-32-29-14-5-8-18-34(29)44(36(32)22-35(31)43)40-41-23-25(24-42-40)27-16-10-20-38-39(27)30-15-6-9-19-37(30)45-38/h1-24H. The molecule has 10 rings (SSSR count). The zero-order valence-corrected chi connectivity index (χ0v) is 24.1. The SMILES string of the molecule is c1ccc(-n2c3ccccc3c3cc4c5ccccc5n(-c5ncc(-c6cccc7oc8ccccc8c67)cn5)c4cc32)cc1. The molecule has 0 saturated carbocycles. The van der Waals surface area contributed by atoms with Crippen LogP contribution in [0.15, 0.2) is 150 Å². The fourth-order valence-electron chi connectivity index (χ4n) is 7.09. The van der Waals surface area contributed by atoms with Crippen molar-refractivity contribution < 1.29 is 4.42 Å². The third kappa shape index (κ3) is 3.43. The second-order valence-electron chi connectivity index (χ2n) is 11.5. The largest absolute Gasteiger partial charge is 0.456 e. The van der Waals surface area contributed by atoms with Gasteiger partial charge in [0.05, 0.1) is 22.1 Å². The minimum atomic E-state index is 0.635. The van der Waals surface area contributed by atoms with Gasteiger partial charge in [0.15, 0.2) is 0 Å². The van der Waals surface area contributed by atoms with Crippen LogP contribution < -0.4 is 0 Å². The van der Waals surface area contributed by atoms with E-state index in [1.807, 2.05) is 42.7 Å². The Hall–Kier alpha value is -6.20. The molecule has 0 unspecified atom stereocenters. The Balaban J connectivity index is 1.23. The van der Waals surface area contributed by atoms with Gasteiger partial charge < -0.3 is 8.98 Å². The molecule has 0 atom stereocenters. The molecule has 45 heavy (non-hydrogen) atoms. The van der Waals surface area contributed by atoms with Crippen LogP contribution >= 0.6 is 0 Å². The van der Waals surface area contributed by atoms with E-state index in [1.54, 1.807) is 0 Å². The molecular formula is C40H24N4O. The van der Waals surface area contributed by atoms with E-state index >= 15 is 0 Å². The van der Waals surface area contributed by atoms with Gasteiger partial charge in [-0.3, -0.25) is 4.57 Å². The van der Waals surface area contributed by atoms with Crippen LogP contribution in [0.3, 0.4) is 0 Å². The summed E-state index contributed by atoms with van der Waals surface area (Å²) in [4.78, 5) is 9.97. The first kappa shape index (κ1) is 24.3. The lowest BCUT2D eigenvalue weighted by Crippen LogP contribution is -2.01. The van der Waals surface area contributed by atoms with Gasteiger partial charge >= 0.3 is 0 Å². The lowest BCUT2D eigenvalue weighted by molar-refractivity contribution is 0.669. The van der Waals surface area contributed by atoms with Gasteiger partial charge in [0.1, 0.15) is 11.2 Å². The van der Waals surface area contributed by atoms with E-state index in [4.69, 9.17) is 14.4 Å². The van der Waals surface area contributed by atoms with E-state index < -0.39 is 0 Å². The minimum absolute atomic E-state index is 0.635. The number of rotatable bonds is 3. The van der Waals surface area contributed by atoms with E-state index in [0.717, 1.165) is 55.3 Å². The Kier molecular flexibility index (Phi) is 4.93. The van der Waals surface area contributed by atoms with Crippen molar-refractivity contribution in [2.45, 2.75) is 0 Å². The summed E-state index contributed by atoms with van der Waals surface area (Å²) in [7, 11) is 0. The van der Waals surface area contributed by atoms with Crippen molar-refractivity contribution >= 4 is 65.6 Å². The lowest BCUT2D eigenvalue weighted by atomic mass is 10.0. The predicted molar refractivity (Wildman–Crippen MR) is 183 cm³/mol. The summed E-state index contributed by atoms with van der Waals surface area (Å²) in [6.45, 7) is 0. The molecule has 5 nitrogen and oxygen atoms in total. The second-order valence-corrected chi connectivity index (χ2v) is 11.5. The number of nitrogens with zero attached hydrogens (tertiary/aromatic N) is 4. The van der Waals surface area contributed by atoms with Gasteiger partial charge in [-0.1, -0.05) is 84.9 Å². The van der Waals surface area contributed by atoms with Gasteiger partial charge in [-0.25, -0.2) is 9.97 Å². The Morgan fingerprint density at radius 2 is 1.04 bits per heavy atom. The van der Waals surface area contributed by atoms with E-state index in [0.29, 0.717) is 5.95 Å². The Bertz CT molecular complexity index is 2750. The average Bonchev–Trinajstić information content (AvgIpc) is 3.75. The Morgan fingerprint density at radius 3 is 1.80 bits per heavy atom. The Labute approximate surface area is 257 Å². The second kappa shape index (κ2) is 9.15. The van der Waals surface area contributed by atoms with E-state index in [-0.39, 0.29) is 0 Å². The molecule has 0 saturated heterocycles. The third-order valence-electron chi connectivity index (χ3n) is 9.03. The van der Waals surface area contributed by atoms with Gasteiger partial charge in [-0.05, 0) is 54.1 Å². The number of furan rings is 1. The van der Waals surface area contributed by atoms with Gasteiger partial charge in [0.2, 0.25) is 5.95 Å². The summed E-state index contributed by atoms with van der Waals surface area (Å²) in [5.74, 6) is 0.635. The van der Waals surface area contributed by atoms with Crippen LogP contribution in [-0.2, 0) is 0 Å². The average molecular weight is 577 g/mol. The number of hydrogen-bond acceptors (Lipinski definition) is 3. The molecule has 0 spiro atoms. The normalized spacial score (nSPS) is 12.0. The van der Waals surface area contributed by atoms with Gasteiger partial charge in [0.25, 0.3) is 0 Å². The molecule has 0 amide bonds. The van der Waals surface area contributed by atoms with Crippen LogP contribution in [0.2, 0.25) is 0 Å². The zero-order valence-electron chi connectivity index (χ0n) is 24.1. The molecular weight excluding hydrogens is 552 g/mol. The number of para-hydroxylation sites is 4. The van der Waals surface area contributed by atoms with E-state index in [2.05, 4.69) is 112 Å². The number of fused-ring (bicyclic) bond motifs is 9. The summed E-state index contributed by atoms with van der Waals surface area (Å²) in [5.41, 5.74) is 9.35. The molecule has 0 aliphatic carbocycles. The van der Waals surface area contributed by atoms with Crippen LogP contribution in [0.5, 0.6) is 0 Å². The molecule has 10 aromatic rings. The van der Waals surface area contributed by atoms with Crippen LogP contribution in [-0.4, -0.2) is 19.1 Å². The highest BCUT2D eigenvalue weighted by molar-refractivity contribution is 6.19. The fourth-order valence-corrected chi connectivity index (χ4v) is 7.09. The van der Waals surface area contributed by atoms with Crippen LogP contribution in [0.1, 0.15) is 0 Å². The molecule has 0 aliphatic heterocycles. The first-order valence-corrected chi connectivity index (χ1v) is 15.1. The predicted octanol–water partition coefficient (Wildman–Crippen LogP) is 10.2. The van der Waals surface area contributed by atoms with Crippen molar-refractivity contribution in [1.29, 1.82) is 0 Å². The van der Waals surface area contributed by atoms with E-state index in [9.17, 15) is 0 Å². The quantitative estimate of drug-likeness (QED) is 0.210. The third-order valence-corrected chi connectivity index (χ3v) is 9.03. The van der Waals surface area contributed by atoms with Crippen LogP contribution in [0.4, 0.5) is 0 Å². The molecule has 0 N–H and O–H groups in total. The van der Waals surface area contributed by atoms with Crippen molar-refractivity contribution in [2.24, 2.45) is 0 Å². The smallest absolute Gasteiger partial charge is 0.234 e. The first-order valence-electron chi connectivity index (χ1n) is 15.1. The maximum absolute atomic E-state index is 6.15. The monoisotopic (exact) mass is 576 g/mol. The molecule has 4 heterocycles. The topological polar surface area (TPSA) is 48.8 Å². The molecule has 0 bridgehead atoms. The summed E-state index contributed by atoms with van der Waals surface area (Å²) in [6, 6.07) is 46.7.